The third-order valence-electron chi connectivity index (χ3n) is 4.29. The van der Waals surface area contributed by atoms with Crippen LogP contribution >= 0.6 is 0 Å². The minimum absolute atomic E-state index is 0.00148. The molecule has 1 heterocycles. The highest BCUT2D eigenvalue weighted by Gasteiger charge is 2.24. The molecule has 0 aromatic heterocycles. The summed E-state index contributed by atoms with van der Waals surface area (Å²) >= 11 is 0. The zero-order valence-corrected chi connectivity index (χ0v) is 15.3. The lowest BCUT2D eigenvalue weighted by Gasteiger charge is -2.28. The number of methoxy groups -OCH3 is 1. The largest absolute Gasteiger partial charge is 0.496 e. The van der Waals surface area contributed by atoms with Crippen LogP contribution in [0.3, 0.4) is 0 Å². The number of ether oxygens (including phenoxy) is 2. The number of amides is 2. The molecule has 0 bridgehead atoms. The second-order valence-electron chi connectivity index (χ2n) is 6.22. The predicted molar refractivity (Wildman–Crippen MR) is 95.9 cm³/mol. The van der Waals surface area contributed by atoms with Crippen LogP contribution < -0.4 is 10.1 Å². The van der Waals surface area contributed by atoms with E-state index in [1.165, 1.54) is 7.11 Å². The third kappa shape index (κ3) is 5.47. The van der Waals surface area contributed by atoms with E-state index in [0.29, 0.717) is 11.3 Å². The zero-order chi connectivity index (χ0) is 18.9. The van der Waals surface area contributed by atoms with Gasteiger partial charge in [0.1, 0.15) is 5.75 Å². The monoisotopic (exact) mass is 362 g/mol. The summed E-state index contributed by atoms with van der Waals surface area (Å²) in [7, 11) is 1.49. The molecule has 1 aromatic rings. The predicted octanol–water partition coefficient (Wildman–Crippen LogP) is 1.76. The molecule has 142 valence electrons. The van der Waals surface area contributed by atoms with Crippen LogP contribution in [-0.2, 0) is 14.3 Å². The molecule has 1 saturated heterocycles. The second kappa shape index (κ2) is 9.79. The first-order valence-corrected chi connectivity index (χ1v) is 8.92. The van der Waals surface area contributed by atoms with E-state index in [1.807, 2.05) is 0 Å². The Morgan fingerprint density at radius 2 is 1.85 bits per heavy atom. The number of esters is 1. The normalized spacial score (nSPS) is 15.1. The molecule has 2 amide bonds. The van der Waals surface area contributed by atoms with Gasteiger partial charge in [0, 0.05) is 19.6 Å². The minimum atomic E-state index is -0.800. The summed E-state index contributed by atoms with van der Waals surface area (Å²) in [6.45, 7) is 3.15. The molecule has 1 aliphatic heterocycles. The molecular weight excluding hydrogens is 336 g/mol. The Morgan fingerprint density at radius 3 is 2.54 bits per heavy atom. The summed E-state index contributed by atoms with van der Waals surface area (Å²) in [5.74, 6) is -0.527. The quantitative estimate of drug-likeness (QED) is 0.747. The van der Waals surface area contributed by atoms with Crippen LogP contribution in [0.2, 0.25) is 0 Å². The fourth-order valence-electron chi connectivity index (χ4n) is 2.88. The van der Waals surface area contributed by atoms with E-state index < -0.39 is 12.1 Å². The van der Waals surface area contributed by atoms with Gasteiger partial charge in [-0.05, 0) is 38.3 Å². The number of carbonyl (C=O) groups is 3. The lowest BCUT2D eigenvalue weighted by atomic mass is 10.1. The van der Waals surface area contributed by atoms with Crippen LogP contribution in [0.1, 0.15) is 43.0 Å². The van der Waals surface area contributed by atoms with Gasteiger partial charge >= 0.3 is 5.97 Å². The van der Waals surface area contributed by atoms with Gasteiger partial charge < -0.3 is 19.7 Å². The number of benzene rings is 1. The van der Waals surface area contributed by atoms with E-state index in [2.05, 4.69) is 5.32 Å². The van der Waals surface area contributed by atoms with Crippen molar-refractivity contribution in [2.75, 3.05) is 26.7 Å². The molecular formula is C19H26N2O5. The SMILES string of the molecule is COc1ccccc1C(=O)NCCC(=O)O[C@@H](C)C(=O)N1CCCCC1. The Hall–Kier alpha value is -2.57. The van der Waals surface area contributed by atoms with E-state index in [0.717, 1.165) is 32.4 Å². The number of rotatable bonds is 7. The lowest BCUT2D eigenvalue weighted by molar-refractivity contribution is -0.159. The van der Waals surface area contributed by atoms with Gasteiger partial charge in [0.2, 0.25) is 0 Å². The lowest BCUT2D eigenvalue weighted by Crippen LogP contribution is -2.42. The standard InChI is InChI=1S/C19H26N2O5/c1-14(19(24)21-12-6-3-7-13-21)26-17(22)10-11-20-18(23)15-8-4-5-9-16(15)25-2/h4-5,8-9,14H,3,6-7,10-13H2,1-2H3,(H,20,23)/t14-/m0/s1. The smallest absolute Gasteiger partial charge is 0.308 e. The molecule has 1 N–H and O–H groups in total. The molecule has 1 atom stereocenters. The van der Waals surface area contributed by atoms with Crippen molar-refractivity contribution in [2.24, 2.45) is 0 Å². The van der Waals surface area contributed by atoms with Crippen molar-refractivity contribution >= 4 is 17.8 Å². The Balaban J connectivity index is 1.74. The minimum Gasteiger partial charge on any atom is -0.496 e. The van der Waals surface area contributed by atoms with E-state index in [-0.39, 0.29) is 24.8 Å². The fourth-order valence-corrected chi connectivity index (χ4v) is 2.88. The number of hydrogen-bond donors (Lipinski definition) is 1. The molecule has 0 saturated carbocycles. The van der Waals surface area contributed by atoms with E-state index in [9.17, 15) is 14.4 Å². The van der Waals surface area contributed by atoms with Crippen LogP contribution in [0.4, 0.5) is 0 Å². The van der Waals surface area contributed by atoms with Gasteiger partial charge in [-0.1, -0.05) is 12.1 Å². The van der Waals surface area contributed by atoms with Gasteiger partial charge in [-0.3, -0.25) is 14.4 Å². The molecule has 0 spiro atoms. The van der Waals surface area contributed by atoms with Crippen molar-refractivity contribution in [2.45, 2.75) is 38.7 Å². The van der Waals surface area contributed by atoms with Crippen molar-refractivity contribution in [3.63, 3.8) is 0 Å². The van der Waals surface area contributed by atoms with Crippen molar-refractivity contribution < 1.29 is 23.9 Å². The van der Waals surface area contributed by atoms with E-state index in [1.54, 1.807) is 36.1 Å². The van der Waals surface area contributed by atoms with Crippen molar-refractivity contribution in [3.05, 3.63) is 29.8 Å². The summed E-state index contributed by atoms with van der Waals surface area (Å²) < 4.78 is 10.3. The number of nitrogens with one attached hydrogen (secondary N) is 1. The van der Waals surface area contributed by atoms with Gasteiger partial charge in [0.15, 0.2) is 6.10 Å². The number of hydrogen-bond acceptors (Lipinski definition) is 5. The maximum absolute atomic E-state index is 12.2. The highest BCUT2D eigenvalue weighted by molar-refractivity contribution is 5.97. The maximum Gasteiger partial charge on any atom is 0.308 e. The summed E-state index contributed by atoms with van der Waals surface area (Å²) in [5, 5.41) is 2.66. The van der Waals surface area contributed by atoms with E-state index in [4.69, 9.17) is 9.47 Å². The first kappa shape index (κ1) is 19.8. The van der Waals surface area contributed by atoms with Gasteiger partial charge in [0.05, 0.1) is 19.1 Å². The third-order valence-corrected chi connectivity index (χ3v) is 4.29. The summed E-state index contributed by atoms with van der Waals surface area (Å²) in [6, 6.07) is 6.84. The average molecular weight is 362 g/mol. The average Bonchev–Trinajstić information content (AvgIpc) is 2.67. The van der Waals surface area contributed by atoms with Gasteiger partial charge in [0.25, 0.3) is 11.8 Å². The molecule has 1 aromatic carbocycles. The molecule has 7 heteroatoms. The Kier molecular flexibility index (Phi) is 7.44. The number of para-hydroxylation sites is 1. The van der Waals surface area contributed by atoms with Crippen molar-refractivity contribution in [1.82, 2.24) is 10.2 Å². The van der Waals surface area contributed by atoms with Gasteiger partial charge in [-0.2, -0.15) is 0 Å². The fraction of sp³-hybridized carbons (Fsp3) is 0.526. The maximum atomic E-state index is 12.2. The van der Waals surface area contributed by atoms with Crippen LogP contribution in [0.15, 0.2) is 24.3 Å². The number of carbonyl (C=O) groups excluding carboxylic acids is 3. The Bertz CT molecular complexity index is 641. The first-order chi connectivity index (χ1) is 12.5. The Morgan fingerprint density at radius 1 is 1.15 bits per heavy atom. The summed E-state index contributed by atoms with van der Waals surface area (Å²) in [6.07, 6.45) is 2.30. The number of likely N-dealkylation sites (tertiary alicyclic amines) is 1. The highest BCUT2D eigenvalue weighted by atomic mass is 16.5. The molecule has 1 aliphatic rings. The molecule has 26 heavy (non-hydrogen) atoms. The van der Waals surface area contributed by atoms with Gasteiger partial charge in [-0.15, -0.1) is 0 Å². The van der Waals surface area contributed by atoms with Crippen LogP contribution in [0.25, 0.3) is 0 Å². The Labute approximate surface area is 153 Å². The molecule has 7 nitrogen and oxygen atoms in total. The van der Waals surface area contributed by atoms with Gasteiger partial charge in [-0.25, -0.2) is 0 Å². The highest BCUT2D eigenvalue weighted by Crippen LogP contribution is 2.16. The number of nitrogens with zero attached hydrogens (tertiary/aromatic N) is 1. The summed E-state index contributed by atoms with van der Waals surface area (Å²) in [4.78, 5) is 38.0. The molecule has 0 radical (unpaired) electrons. The van der Waals surface area contributed by atoms with Crippen molar-refractivity contribution in [3.8, 4) is 5.75 Å². The first-order valence-electron chi connectivity index (χ1n) is 8.92. The van der Waals surface area contributed by atoms with E-state index >= 15 is 0 Å². The zero-order valence-electron chi connectivity index (χ0n) is 15.3. The van der Waals surface area contributed by atoms with Crippen LogP contribution in [0, 0.1) is 0 Å². The molecule has 1 fully saturated rings. The number of piperidine rings is 1. The topological polar surface area (TPSA) is 84.9 Å². The van der Waals surface area contributed by atoms with Crippen LogP contribution in [-0.4, -0.2) is 55.5 Å². The summed E-state index contributed by atoms with van der Waals surface area (Å²) in [5.41, 5.74) is 0.400. The van der Waals surface area contributed by atoms with Crippen molar-refractivity contribution in [1.29, 1.82) is 0 Å². The second-order valence-corrected chi connectivity index (χ2v) is 6.22. The molecule has 0 unspecified atom stereocenters. The molecule has 2 rings (SSSR count). The van der Waals surface area contributed by atoms with Crippen LogP contribution in [0.5, 0.6) is 5.75 Å². The molecule has 0 aliphatic carbocycles.